The van der Waals surface area contributed by atoms with Crippen molar-refractivity contribution in [2.75, 3.05) is 27.9 Å². The number of nitrogens with two attached hydrogens (primary N) is 1. The maximum absolute atomic E-state index is 12.6. The first-order chi connectivity index (χ1) is 9.70. The monoisotopic (exact) mass is 318 g/mol. The minimum Gasteiger partial charge on any atom is -0.496 e. The summed E-state index contributed by atoms with van der Waals surface area (Å²) in [5.41, 5.74) is 4.77. The molecule has 0 amide bonds. The Balaban J connectivity index is 3.47. The summed E-state index contributed by atoms with van der Waals surface area (Å²) < 4.78 is 43.1. The van der Waals surface area contributed by atoms with Crippen LogP contribution in [0.5, 0.6) is 17.2 Å². The molecule has 0 saturated heterocycles. The molecule has 3 N–H and O–H groups in total. The summed E-state index contributed by atoms with van der Waals surface area (Å²) in [7, 11) is 0.347. The van der Waals surface area contributed by atoms with Gasteiger partial charge in [-0.05, 0) is 13.8 Å². The smallest absolute Gasteiger partial charge is 0.248 e. The summed E-state index contributed by atoms with van der Waals surface area (Å²) in [4.78, 5) is -0.0881. The molecule has 0 atom stereocenters. The van der Waals surface area contributed by atoms with Crippen LogP contribution in [0.25, 0.3) is 0 Å². The van der Waals surface area contributed by atoms with E-state index in [0.29, 0.717) is 5.75 Å². The highest BCUT2D eigenvalue weighted by Crippen LogP contribution is 2.37. The molecule has 0 saturated carbocycles. The van der Waals surface area contributed by atoms with E-state index in [0.717, 1.165) is 0 Å². The van der Waals surface area contributed by atoms with Gasteiger partial charge in [-0.15, -0.1) is 0 Å². The van der Waals surface area contributed by atoms with Crippen LogP contribution < -0.4 is 24.7 Å². The lowest BCUT2D eigenvalue weighted by atomic mass is 10.1. The van der Waals surface area contributed by atoms with Gasteiger partial charge >= 0.3 is 0 Å². The zero-order valence-corrected chi connectivity index (χ0v) is 13.7. The predicted octanol–water partition coefficient (Wildman–Crippen LogP) is 0.728. The van der Waals surface area contributed by atoms with Gasteiger partial charge in [0.1, 0.15) is 17.2 Å². The minimum absolute atomic E-state index is 0.0881. The fourth-order valence-corrected chi connectivity index (χ4v) is 3.42. The van der Waals surface area contributed by atoms with Gasteiger partial charge in [-0.1, -0.05) is 0 Å². The molecule has 0 bridgehead atoms. The van der Waals surface area contributed by atoms with Crippen LogP contribution in [0.4, 0.5) is 0 Å². The SMILES string of the molecule is COc1cc(OC)c(S(=O)(=O)NC(C)(C)CN)c(OC)c1. The zero-order chi connectivity index (χ0) is 16.3. The van der Waals surface area contributed by atoms with Crippen LogP contribution in [0.1, 0.15) is 13.8 Å². The summed E-state index contributed by atoms with van der Waals surface area (Å²) >= 11 is 0. The van der Waals surface area contributed by atoms with Crippen LogP contribution >= 0.6 is 0 Å². The molecule has 120 valence electrons. The van der Waals surface area contributed by atoms with E-state index in [1.54, 1.807) is 13.8 Å². The van der Waals surface area contributed by atoms with Crippen LogP contribution in [0.2, 0.25) is 0 Å². The number of methoxy groups -OCH3 is 3. The highest BCUT2D eigenvalue weighted by atomic mass is 32.2. The molecule has 1 aromatic rings. The molecular weight excluding hydrogens is 296 g/mol. The Morgan fingerprint density at radius 3 is 1.90 bits per heavy atom. The van der Waals surface area contributed by atoms with Crippen LogP contribution in [0.3, 0.4) is 0 Å². The van der Waals surface area contributed by atoms with Crippen molar-refractivity contribution >= 4 is 10.0 Å². The van der Waals surface area contributed by atoms with Crippen LogP contribution in [-0.4, -0.2) is 41.8 Å². The maximum atomic E-state index is 12.6. The Bertz CT molecular complexity index is 574. The normalized spacial score (nSPS) is 12.1. The number of hydrogen-bond acceptors (Lipinski definition) is 6. The molecule has 21 heavy (non-hydrogen) atoms. The molecule has 1 aromatic carbocycles. The zero-order valence-electron chi connectivity index (χ0n) is 12.9. The fourth-order valence-electron chi connectivity index (χ4n) is 1.69. The molecule has 0 fully saturated rings. The van der Waals surface area contributed by atoms with Crippen molar-refractivity contribution < 1.29 is 22.6 Å². The summed E-state index contributed by atoms with van der Waals surface area (Å²) in [6.07, 6.45) is 0. The van der Waals surface area contributed by atoms with Crippen molar-refractivity contribution in [2.24, 2.45) is 5.73 Å². The lowest BCUT2D eigenvalue weighted by Gasteiger charge is -2.25. The van der Waals surface area contributed by atoms with Crippen LogP contribution in [-0.2, 0) is 10.0 Å². The van der Waals surface area contributed by atoms with E-state index >= 15 is 0 Å². The maximum Gasteiger partial charge on any atom is 0.248 e. The first-order valence-corrected chi connectivity index (χ1v) is 7.73. The summed E-state index contributed by atoms with van der Waals surface area (Å²) in [5, 5.41) is 0. The lowest BCUT2D eigenvalue weighted by Crippen LogP contribution is -2.48. The van der Waals surface area contributed by atoms with E-state index in [1.807, 2.05) is 0 Å². The minimum atomic E-state index is -3.88. The molecule has 1 rings (SSSR count). The average molecular weight is 318 g/mol. The van der Waals surface area contributed by atoms with E-state index in [4.69, 9.17) is 19.9 Å². The van der Waals surface area contributed by atoms with Crippen molar-refractivity contribution in [3.8, 4) is 17.2 Å². The number of benzene rings is 1. The number of sulfonamides is 1. The second-order valence-corrected chi connectivity index (χ2v) is 6.67. The van der Waals surface area contributed by atoms with Gasteiger partial charge < -0.3 is 19.9 Å². The molecule has 0 radical (unpaired) electrons. The fraction of sp³-hybridized carbons (Fsp3) is 0.538. The van der Waals surface area contributed by atoms with Crippen molar-refractivity contribution in [1.82, 2.24) is 4.72 Å². The second kappa shape index (κ2) is 6.50. The van der Waals surface area contributed by atoms with Gasteiger partial charge in [0.25, 0.3) is 0 Å². The van der Waals surface area contributed by atoms with Gasteiger partial charge in [0.05, 0.1) is 21.3 Å². The van der Waals surface area contributed by atoms with E-state index in [2.05, 4.69) is 4.72 Å². The number of hydrogen-bond donors (Lipinski definition) is 2. The highest BCUT2D eigenvalue weighted by Gasteiger charge is 2.31. The molecule has 8 heteroatoms. The molecule has 0 aliphatic heterocycles. The van der Waals surface area contributed by atoms with E-state index in [1.165, 1.54) is 33.5 Å². The first kappa shape index (κ1) is 17.5. The Kier molecular flexibility index (Phi) is 5.43. The Labute approximate surface area is 125 Å². The predicted molar refractivity (Wildman–Crippen MR) is 79.6 cm³/mol. The number of rotatable bonds is 7. The van der Waals surface area contributed by atoms with Gasteiger partial charge in [0, 0.05) is 24.2 Å². The quantitative estimate of drug-likeness (QED) is 0.769. The topological polar surface area (TPSA) is 99.9 Å². The number of ether oxygens (including phenoxy) is 3. The molecule has 0 aliphatic carbocycles. The summed E-state index contributed by atoms with van der Waals surface area (Å²) in [5.74, 6) is 0.693. The molecular formula is C13H22N2O5S. The van der Waals surface area contributed by atoms with Gasteiger partial charge in [-0.25, -0.2) is 13.1 Å². The van der Waals surface area contributed by atoms with E-state index in [-0.39, 0.29) is 22.9 Å². The summed E-state index contributed by atoms with van der Waals surface area (Å²) in [6, 6.07) is 2.96. The largest absolute Gasteiger partial charge is 0.496 e. The van der Waals surface area contributed by atoms with Crippen molar-refractivity contribution in [1.29, 1.82) is 0 Å². The summed E-state index contributed by atoms with van der Waals surface area (Å²) in [6.45, 7) is 3.52. The molecule has 7 nitrogen and oxygen atoms in total. The molecule has 0 heterocycles. The Morgan fingerprint density at radius 1 is 1.10 bits per heavy atom. The Hall–Kier alpha value is -1.51. The van der Waals surface area contributed by atoms with Gasteiger partial charge in [0.15, 0.2) is 4.90 Å². The first-order valence-electron chi connectivity index (χ1n) is 6.25. The third-order valence-electron chi connectivity index (χ3n) is 2.86. The standard InChI is InChI=1S/C13H22N2O5S/c1-13(2,8-14)15-21(16,17)12-10(19-4)6-9(18-3)7-11(12)20-5/h6-7,15H,8,14H2,1-5H3. The average Bonchev–Trinajstić information content (AvgIpc) is 2.44. The van der Waals surface area contributed by atoms with Crippen molar-refractivity contribution in [3.63, 3.8) is 0 Å². The molecule has 0 aromatic heterocycles. The third kappa shape index (κ3) is 3.99. The highest BCUT2D eigenvalue weighted by molar-refractivity contribution is 7.89. The third-order valence-corrected chi connectivity index (χ3v) is 4.62. The second-order valence-electron chi connectivity index (χ2n) is 5.05. The van der Waals surface area contributed by atoms with Gasteiger partial charge in [0.2, 0.25) is 10.0 Å². The van der Waals surface area contributed by atoms with Crippen molar-refractivity contribution in [2.45, 2.75) is 24.3 Å². The Morgan fingerprint density at radius 2 is 1.57 bits per heavy atom. The van der Waals surface area contributed by atoms with Crippen LogP contribution in [0, 0.1) is 0 Å². The number of nitrogens with one attached hydrogen (secondary N) is 1. The van der Waals surface area contributed by atoms with E-state index in [9.17, 15) is 8.42 Å². The molecule has 0 spiro atoms. The van der Waals surface area contributed by atoms with Gasteiger partial charge in [-0.3, -0.25) is 0 Å². The molecule has 0 unspecified atom stereocenters. The van der Waals surface area contributed by atoms with Crippen molar-refractivity contribution in [3.05, 3.63) is 12.1 Å². The van der Waals surface area contributed by atoms with E-state index < -0.39 is 15.6 Å². The van der Waals surface area contributed by atoms with Crippen LogP contribution in [0.15, 0.2) is 17.0 Å². The van der Waals surface area contributed by atoms with Gasteiger partial charge in [-0.2, -0.15) is 0 Å². The lowest BCUT2D eigenvalue weighted by molar-refractivity contribution is 0.357. The molecule has 0 aliphatic rings.